The van der Waals surface area contributed by atoms with Gasteiger partial charge in [0.05, 0.1) is 0 Å². The van der Waals surface area contributed by atoms with E-state index in [0.717, 1.165) is 25.8 Å². The van der Waals surface area contributed by atoms with Crippen LogP contribution in [0.25, 0.3) is 12.2 Å². The summed E-state index contributed by atoms with van der Waals surface area (Å²) in [7, 11) is 0. The van der Waals surface area contributed by atoms with Crippen molar-refractivity contribution in [3.63, 3.8) is 0 Å². The lowest BCUT2D eigenvalue weighted by Gasteiger charge is -2.53. The highest BCUT2D eigenvalue weighted by atomic mass is 16.2. The van der Waals surface area contributed by atoms with Crippen molar-refractivity contribution in [1.82, 2.24) is 9.88 Å². The molecule has 3 nitrogen and oxygen atoms in total. The first-order valence-corrected chi connectivity index (χ1v) is 11.3. The Morgan fingerprint density at radius 3 is 2.93 bits per heavy atom. The molecule has 4 rings (SSSR count). The average Bonchev–Trinajstić information content (AvgIpc) is 3.10. The van der Waals surface area contributed by atoms with Crippen molar-refractivity contribution in [3.8, 4) is 0 Å². The predicted octanol–water partition coefficient (Wildman–Crippen LogP) is 3.90. The van der Waals surface area contributed by atoms with Crippen LogP contribution in [-0.4, -0.2) is 28.4 Å². The number of nitrogens with one attached hydrogen (secondary N) is 1. The molecule has 2 aliphatic carbocycles. The highest BCUT2D eigenvalue weighted by Crippen LogP contribution is 2.49. The highest BCUT2D eigenvalue weighted by molar-refractivity contribution is 5.77. The van der Waals surface area contributed by atoms with Crippen LogP contribution in [-0.2, 0) is 11.2 Å². The van der Waals surface area contributed by atoms with Crippen molar-refractivity contribution in [2.75, 3.05) is 6.54 Å². The zero-order chi connectivity index (χ0) is 18.9. The van der Waals surface area contributed by atoms with E-state index in [0.29, 0.717) is 29.7 Å². The van der Waals surface area contributed by atoms with Gasteiger partial charge in [0.25, 0.3) is 0 Å². The number of nitrogens with zero attached hydrogens (tertiary/aromatic N) is 1. The van der Waals surface area contributed by atoms with Crippen LogP contribution < -0.4 is 10.6 Å². The summed E-state index contributed by atoms with van der Waals surface area (Å²) in [5.41, 5.74) is 1.77. The first kappa shape index (κ1) is 18.8. The van der Waals surface area contributed by atoms with Gasteiger partial charge in [0.1, 0.15) is 0 Å². The molecule has 1 aliphatic heterocycles. The maximum atomic E-state index is 13.2. The van der Waals surface area contributed by atoms with Crippen molar-refractivity contribution < 1.29 is 4.79 Å². The minimum atomic E-state index is 0.389. The SMILES string of the molecule is CCCC1(C)CCN(C(=O)CCc2c[nH]c3c2=CCCC=3)C2CCCCC21. The number of amides is 1. The van der Waals surface area contributed by atoms with Gasteiger partial charge in [0.2, 0.25) is 5.91 Å². The molecule has 2 heterocycles. The van der Waals surface area contributed by atoms with Gasteiger partial charge in [-0.05, 0) is 67.1 Å². The third-order valence-electron chi connectivity index (χ3n) is 7.60. The van der Waals surface area contributed by atoms with Gasteiger partial charge >= 0.3 is 0 Å². The smallest absolute Gasteiger partial charge is 0.223 e. The van der Waals surface area contributed by atoms with Crippen molar-refractivity contribution in [3.05, 3.63) is 22.3 Å². The number of likely N-dealkylation sites (tertiary alicyclic amines) is 1. The molecule has 3 aliphatic rings. The number of fused-ring (bicyclic) bond motifs is 2. The Hall–Kier alpha value is -1.51. The van der Waals surface area contributed by atoms with Gasteiger partial charge < -0.3 is 9.88 Å². The van der Waals surface area contributed by atoms with E-state index in [1.807, 2.05) is 0 Å². The molecule has 3 heteroatoms. The number of carbonyl (C=O) groups is 1. The second kappa shape index (κ2) is 7.85. The number of rotatable bonds is 5. The van der Waals surface area contributed by atoms with Crippen LogP contribution in [0.4, 0.5) is 0 Å². The maximum absolute atomic E-state index is 13.2. The van der Waals surface area contributed by atoms with Crippen LogP contribution >= 0.6 is 0 Å². The lowest BCUT2D eigenvalue weighted by Crippen LogP contribution is -2.56. The van der Waals surface area contributed by atoms with Gasteiger partial charge in [-0.3, -0.25) is 4.79 Å². The van der Waals surface area contributed by atoms with Gasteiger partial charge in [-0.15, -0.1) is 0 Å². The first-order chi connectivity index (χ1) is 13.1. The lowest BCUT2D eigenvalue weighted by atomic mass is 9.61. The lowest BCUT2D eigenvalue weighted by molar-refractivity contribution is -0.142. The monoisotopic (exact) mass is 368 g/mol. The quantitative estimate of drug-likeness (QED) is 0.841. The van der Waals surface area contributed by atoms with Gasteiger partial charge in [0, 0.05) is 30.6 Å². The summed E-state index contributed by atoms with van der Waals surface area (Å²) >= 11 is 0. The molecule has 1 N–H and O–H groups in total. The summed E-state index contributed by atoms with van der Waals surface area (Å²) in [6.45, 7) is 5.79. The van der Waals surface area contributed by atoms with Crippen LogP contribution in [0.1, 0.15) is 83.6 Å². The Morgan fingerprint density at radius 2 is 2.07 bits per heavy atom. The van der Waals surface area contributed by atoms with Crippen molar-refractivity contribution in [2.45, 2.75) is 90.5 Å². The number of H-pyrrole nitrogens is 1. The molecule has 27 heavy (non-hydrogen) atoms. The second-order valence-electron chi connectivity index (χ2n) is 9.33. The number of hydrogen-bond acceptors (Lipinski definition) is 1. The van der Waals surface area contributed by atoms with Gasteiger partial charge in [-0.1, -0.05) is 45.3 Å². The molecule has 1 saturated carbocycles. The molecular weight excluding hydrogens is 332 g/mol. The Bertz CT molecular complexity index is 792. The van der Waals surface area contributed by atoms with Crippen LogP contribution in [0.5, 0.6) is 0 Å². The number of piperidine rings is 1. The summed E-state index contributed by atoms with van der Waals surface area (Å²) in [6, 6.07) is 0.497. The van der Waals surface area contributed by atoms with E-state index >= 15 is 0 Å². The fourth-order valence-corrected chi connectivity index (χ4v) is 6.17. The van der Waals surface area contributed by atoms with E-state index in [2.05, 4.69) is 42.1 Å². The molecule has 2 fully saturated rings. The number of aromatic amines is 1. The van der Waals surface area contributed by atoms with Crippen molar-refractivity contribution in [1.29, 1.82) is 0 Å². The summed E-state index contributed by atoms with van der Waals surface area (Å²) in [5, 5.41) is 2.60. The van der Waals surface area contributed by atoms with E-state index in [9.17, 15) is 4.79 Å². The summed E-state index contributed by atoms with van der Waals surface area (Å²) in [4.78, 5) is 18.9. The van der Waals surface area contributed by atoms with E-state index in [1.165, 1.54) is 61.1 Å². The van der Waals surface area contributed by atoms with Gasteiger partial charge in [-0.25, -0.2) is 0 Å². The fourth-order valence-electron chi connectivity index (χ4n) is 6.17. The minimum absolute atomic E-state index is 0.389. The summed E-state index contributed by atoms with van der Waals surface area (Å²) in [6.07, 6.45) is 19.5. The van der Waals surface area contributed by atoms with Crippen LogP contribution in [0.15, 0.2) is 6.20 Å². The maximum Gasteiger partial charge on any atom is 0.223 e. The van der Waals surface area contributed by atoms with E-state index in [-0.39, 0.29) is 0 Å². The normalized spacial score (nSPS) is 30.1. The molecule has 1 saturated heterocycles. The number of hydrogen-bond donors (Lipinski definition) is 1. The summed E-state index contributed by atoms with van der Waals surface area (Å²) in [5.74, 6) is 1.10. The molecule has 1 aromatic rings. The number of aromatic nitrogens is 1. The van der Waals surface area contributed by atoms with E-state index in [1.54, 1.807) is 0 Å². The highest BCUT2D eigenvalue weighted by Gasteiger charge is 2.46. The van der Waals surface area contributed by atoms with Crippen LogP contribution in [0.3, 0.4) is 0 Å². The zero-order valence-electron chi connectivity index (χ0n) is 17.2. The molecule has 1 amide bonds. The average molecular weight is 369 g/mol. The molecule has 1 aromatic heterocycles. The van der Waals surface area contributed by atoms with E-state index in [4.69, 9.17) is 0 Å². The Balaban J connectivity index is 1.45. The Kier molecular flexibility index (Phi) is 5.48. The van der Waals surface area contributed by atoms with Gasteiger partial charge in [0.15, 0.2) is 0 Å². The van der Waals surface area contributed by atoms with E-state index < -0.39 is 0 Å². The van der Waals surface area contributed by atoms with Crippen molar-refractivity contribution >= 4 is 18.1 Å². The van der Waals surface area contributed by atoms with Gasteiger partial charge in [-0.2, -0.15) is 0 Å². The van der Waals surface area contributed by atoms with Crippen LogP contribution in [0.2, 0.25) is 0 Å². The molecule has 0 aromatic carbocycles. The molecule has 148 valence electrons. The van der Waals surface area contributed by atoms with Crippen molar-refractivity contribution in [2.24, 2.45) is 11.3 Å². The molecule has 3 unspecified atom stereocenters. The zero-order valence-corrected chi connectivity index (χ0v) is 17.2. The molecule has 0 spiro atoms. The second-order valence-corrected chi connectivity index (χ2v) is 9.33. The standard InChI is InChI=1S/C24H36N2O/c1-3-14-24(2)15-16-26(22-11-7-5-9-20(22)24)23(27)13-12-18-17-25-21-10-6-4-8-19(18)21/h8,10,17,20,22,25H,3-7,9,11-16H2,1-2H3. The number of carbonyl (C=O) groups excluding carboxylic acids is 1. The number of aryl methyl sites for hydroxylation is 1. The largest absolute Gasteiger partial charge is 0.361 e. The Labute approximate surface area is 163 Å². The predicted molar refractivity (Wildman–Crippen MR) is 112 cm³/mol. The molecular formula is C24H36N2O. The minimum Gasteiger partial charge on any atom is -0.361 e. The third-order valence-corrected chi connectivity index (χ3v) is 7.60. The molecule has 3 atom stereocenters. The third kappa shape index (κ3) is 3.62. The molecule has 0 radical (unpaired) electrons. The fraction of sp³-hybridized carbons (Fsp3) is 0.708. The first-order valence-electron chi connectivity index (χ1n) is 11.3. The molecule has 0 bridgehead atoms. The summed E-state index contributed by atoms with van der Waals surface area (Å²) < 4.78 is 0. The topological polar surface area (TPSA) is 36.1 Å². The van der Waals surface area contributed by atoms with Crippen LogP contribution in [0, 0.1) is 11.3 Å². The Morgan fingerprint density at radius 1 is 1.26 bits per heavy atom.